The zero-order chi connectivity index (χ0) is 13.2. The lowest BCUT2D eigenvalue weighted by Crippen LogP contribution is -2.19. The Morgan fingerprint density at radius 2 is 1.67 bits per heavy atom. The summed E-state index contributed by atoms with van der Waals surface area (Å²) in [7, 11) is 0. The van der Waals surface area contributed by atoms with E-state index >= 15 is 0 Å². The van der Waals surface area contributed by atoms with Crippen molar-refractivity contribution in [3.05, 3.63) is 42.0 Å². The van der Waals surface area contributed by atoms with E-state index in [4.69, 9.17) is 0 Å². The average molecular weight is 243 g/mol. The number of hydrogen-bond acceptors (Lipinski definition) is 1. The van der Waals surface area contributed by atoms with Gasteiger partial charge in [-0.3, -0.25) is 0 Å². The molecule has 0 bridgehead atoms. The average Bonchev–Trinajstić information content (AvgIpc) is 2.72. The van der Waals surface area contributed by atoms with Crippen LogP contribution in [0.4, 0.5) is 0 Å². The van der Waals surface area contributed by atoms with Gasteiger partial charge in [-0.1, -0.05) is 70.2 Å². The van der Waals surface area contributed by atoms with E-state index in [9.17, 15) is 0 Å². The maximum absolute atomic E-state index is 3.54. The molecule has 1 saturated carbocycles. The number of nitrogens with one attached hydrogen (secondary N) is 1. The third-order valence-corrected chi connectivity index (χ3v) is 5.04. The highest BCUT2D eigenvalue weighted by Crippen LogP contribution is 2.67. The van der Waals surface area contributed by atoms with E-state index in [0.29, 0.717) is 10.8 Å². The molecule has 0 atom stereocenters. The van der Waals surface area contributed by atoms with Crippen molar-refractivity contribution in [2.75, 3.05) is 13.1 Å². The second-order valence-electron chi connectivity index (χ2n) is 6.47. The van der Waals surface area contributed by atoms with Gasteiger partial charge in [-0.05, 0) is 28.9 Å². The number of hydrogen-bond donors (Lipinski definition) is 1. The van der Waals surface area contributed by atoms with Crippen molar-refractivity contribution in [1.29, 1.82) is 0 Å². The van der Waals surface area contributed by atoms with Gasteiger partial charge in [0, 0.05) is 6.54 Å². The lowest BCUT2D eigenvalue weighted by atomic mass is 10.0. The third kappa shape index (κ3) is 2.51. The second kappa shape index (κ2) is 4.89. The highest BCUT2D eigenvalue weighted by Gasteiger charge is 2.63. The summed E-state index contributed by atoms with van der Waals surface area (Å²) in [6, 6.07) is 10.4. The maximum atomic E-state index is 3.54. The minimum atomic E-state index is 0.489. The Labute approximate surface area is 111 Å². The Morgan fingerprint density at radius 1 is 1.06 bits per heavy atom. The Kier molecular flexibility index (Phi) is 3.63. The first-order chi connectivity index (χ1) is 8.46. The molecule has 1 heteroatoms. The lowest BCUT2D eigenvalue weighted by molar-refractivity contribution is 0.457. The van der Waals surface area contributed by atoms with Crippen LogP contribution < -0.4 is 5.32 Å². The molecule has 18 heavy (non-hydrogen) atoms. The van der Waals surface area contributed by atoms with Gasteiger partial charge in [0.1, 0.15) is 0 Å². The van der Waals surface area contributed by atoms with Crippen LogP contribution in [0.5, 0.6) is 0 Å². The molecular formula is C17H25N. The summed E-state index contributed by atoms with van der Waals surface area (Å²) in [5.41, 5.74) is 2.25. The van der Waals surface area contributed by atoms with Crippen molar-refractivity contribution >= 4 is 6.08 Å². The predicted molar refractivity (Wildman–Crippen MR) is 79.4 cm³/mol. The first-order valence-electron chi connectivity index (χ1n) is 6.88. The van der Waals surface area contributed by atoms with Gasteiger partial charge >= 0.3 is 0 Å². The van der Waals surface area contributed by atoms with E-state index in [1.54, 1.807) is 0 Å². The van der Waals surface area contributed by atoms with Crippen molar-refractivity contribution in [2.24, 2.45) is 16.7 Å². The molecule has 0 aromatic heterocycles. The summed E-state index contributed by atoms with van der Waals surface area (Å²) in [6.07, 6.45) is 4.38. The van der Waals surface area contributed by atoms with Crippen molar-refractivity contribution in [2.45, 2.75) is 27.7 Å². The van der Waals surface area contributed by atoms with Crippen molar-refractivity contribution in [3.8, 4) is 0 Å². The summed E-state index contributed by atoms with van der Waals surface area (Å²) >= 11 is 0. The standard InChI is InChI=1S/C17H25N/c1-16(2)15(17(16,3)4)13-18-12-8-11-14-9-6-5-7-10-14/h5-11,15,18H,12-13H2,1-4H3. The van der Waals surface area contributed by atoms with E-state index in [1.807, 2.05) is 6.07 Å². The summed E-state index contributed by atoms with van der Waals surface area (Å²) in [5, 5.41) is 3.54. The summed E-state index contributed by atoms with van der Waals surface area (Å²) in [4.78, 5) is 0. The fourth-order valence-electron chi connectivity index (χ4n) is 2.91. The molecule has 0 heterocycles. The van der Waals surface area contributed by atoms with Crippen LogP contribution in [0.25, 0.3) is 6.08 Å². The number of benzene rings is 1. The quantitative estimate of drug-likeness (QED) is 0.772. The fourth-order valence-corrected chi connectivity index (χ4v) is 2.91. The zero-order valence-electron chi connectivity index (χ0n) is 12.0. The molecule has 0 spiro atoms. The first-order valence-corrected chi connectivity index (χ1v) is 6.88. The van der Waals surface area contributed by atoms with Gasteiger partial charge in [-0.15, -0.1) is 0 Å². The molecule has 1 aliphatic carbocycles. The lowest BCUT2D eigenvalue weighted by Gasteiger charge is -2.04. The maximum Gasteiger partial charge on any atom is 0.0138 e. The minimum Gasteiger partial charge on any atom is -0.313 e. The number of rotatable bonds is 5. The monoisotopic (exact) mass is 243 g/mol. The molecule has 2 rings (SSSR count). The van der Waals surface area contributed by atoms with Gasteiger partial charge in [-0.2, -0.15) is 0 Å². The molecule has 1 aromatic rings. The van der Waals surface area contributed by atoms with E-state index in [2.05, 4.69) is 69.4 Å². The van der Waals surface area contributed by atoms with Crippen LogP contribution in [0, 0.1) is 16.7 Å². The highest BCUT2D eigenvalue weighted by molar-refractivity contribution is 5.48. The molecule has 0 amide bonds. The summed E-state index contributed by atoms with van der Waals surface area (Å²) in [5.74, 6) is 0.801. The van der Waals surface area contributed by atoms with Crippen LogP contribution in [-0.2, 0) is 0 Å². The first kappa shape index (κ1) is 13.4. The van der Waals surface area contributed by atoms with Gasteiger partial charge in [-0.25, -0.2) is 0 Å². The van der Waals surface area contributed by atoms with Crippen molar-refractivity contribution in [3.63, 3.8) is 0 Å². The second-order valence-corrected chi connectivity index (χ2v) is 6.47. The SMILES string of the molecule is CC1(C)C(CNCC=Cc2ccccc2)C1(C)C. The van der Waals surface area contributed by atoms with Gasteiger partial charge in [0.25, 0.3) is 0 Å². The topological polar surface area (TPSA) is 12.0 Å². The molecule has 1 aliphatic rings. The molecule has 0 saturated heterocycles. The van der Waals surface area contributed by atoms with E-state index in [-0.39, 0.29) is 0 Å². The Morgan fingerprint density at radius 3 is 2.22 bits per heavy atom. The van der Waals surface area contributed by atoms with Crippen LogP contribution in [0.3, 0.4) is 0 Å². The van der Waals surface area contributed by atoms with Crippen molar-refractivity contribution in [1.82, 2.24) is 5.32 Å². The molecule has 98 valence electrons. The zero-order valence-corrected chi connectivity index (χ0v) is 12.0. The van der Waals surface area contributed by atoms with Crippen LogP contribution in [0.2, 0.25) is 0 Å². The highest BCUT2D eigenvalue weighted by atomic mass is 14.9. The Hall–Kier alpha value is -1.08. The predicted octanol–water partition coefficient (Wildman–Crippen LogP) is 3.97. The normalized spacial score (nSPS) is 21.3. The minimum absolute atomic E-state index is 0.489. The molecule has 1 N–H and O–H groups in total. The molecule has 0 unspecified atom stereocenters. The van der Waals surface area contributed by atoms with E-state index in [1.165, 1.54) is 5.56 Å². The van der Waals surface area contributed by atoms with E-state index in [0.717, 1.165) is 19.0 Å². The molecular weight excluding hydrogens is 218 g/mol. The van der Waals surface area contributed by atoms with Crippen LogP contribution in [0.1, 0.15) is 33.3 Å². The largest absolute Gasteiger partial charge is 0.313 e. The van der Waals surface area contributed by atoms with E-state index < -0.39 is 0 Å². The Bertz CT molecular complexity index is 400. The van der Waals surface area contributed by atoms with Gasteiger partial charge in [0.2, 0.25) is 0 Å². The molecule has 1 aromatic carbocycles. The van der Waals surface area contributed by atoms with Crippen LogP contribution in [-0.4, -0.2) is 13.1 Å². The third-order valence-electron chi connectivity index (χ3n) is 5.04. The van der Waals surface area contributed by atoms with Gasteiger partial charge in [0.15, 0.2) is 0 Å². The molecule has 1 fully saturated rings. The smallest absolute Gasteiger partial charge is 0.0138 e. The molecule has 1 nitrogen and oxygen atoms in total. The Balaban J connectivity index is 1.70. The summed E-state index contributed by atoms with van der Waals surface area (Å²) < 4.78 is 0. The fraction of sp³-hybridized carbons (Fsp3) is 0.529. The van der Waals surface area contributed by atoms with Gasteiger partial charge in [0.05, 0.1) is 0 Å². The van der Waals surface area contributed by atoms with Crippen LogP contribution in [0.15, 0.2) is 36.4 Å². The molecule has 0 radical (unpaired) electrons. The van der Waals surface area contributed by atoms with Crippen LogP contribution >= 0.6 is 0 Å². The molecule has 0 aliphatic heterocycles. The van der Waals surface area contributed by atoms with Crippen molar-refractivity contribution < 1.29 is 0 Å². The summed E-state index contributed by atoms with van der Waals surface area (Å²) in [6.45, 7) is 11.6. The van der Waals surface area contributed by atoms with Gasteiger partial charge < -0.3 is 5.32 Å².